The van der Waals surface area contributed by atoms with E-state index in [2.05, 4.69) is 15.9 Å². The zero-order valence-corrected chi connectivity index (χ0v) is 8.88. The number of thiophene rings is 1. The van der Waals surface area contributed by atoms with E-state index >= 15 is 0 Å². The zero-order valence-electron chi connectivity index (χ0n) is 6.48. The molecule has 0 amide bonds. The van der Waals surface area contributed by atoms with Gasteiger partial charge >= 0.3 is 5.97 Å². The van der Waals surface area contributed by atoms with E-state index in [0.29, 0.717) is 4.88 Å². The molecule has 13 heavy (non-hydrogen) atoms. The molecule has 1 heterocycles. The van der Waals surface area contributed by atoms with E-state index in [0.717, 1.165) is 3.79 Å². The van der Waals surface area contributed by atoms with Gasteiger partial charge in [-0.15, -0.1) is 11.3 Å². The number of nitrogens with two attached hydrogens (primary N) is 1. The summed E-state index contributed by atoms with van der Waals surface area (Å²) >= 11 is 4.47. The largest absolute Gasteiger partial charge is 0.480 e. The van der Waals surface area contributed by atoms with Crippen LogP contribution in [0, 0.1) is 0 Å². The van der Waals surface area contributed by atoms with Crippen molar-refractivity contribution in [1.82, 2.24) is 0 Å². The van der Waals surface area contributed by atoms with Crippen LogP contribution in [0.2, 0.25) is 0 Å². The van der Waals surface area contributed by atoms with Crippen LogP contribution in [0.1, 0.15) is 11.0 Å². The maximum Gasteiger partial charge on any atom is 0.323 e. The summed E-state index contributed by atoms with van der Waals surface area (Å²) in [5, 5.41) is 18.0. The van der Waals surface area contributed by atoms with Crippen molar-refractivity contribution in [3.8, 4) is 0 Å². The summed E-state index contributed by atoms with van der Waals surface area (Å²) in [5.41, 5.74) is 5.24. The Labute approximate surface area is 87.1 Å². The van der Waals surface area contributed by atoms with Gasteiger partial charge in [-0.3, -0.25) is 4.79 Å². The van der Waals surface area contributed by atoms with E-state index < -0.39 is 18.1 Å². The molecule has 2 atom stereocenters. The molecule has 1 aromatic rings. The van der Waals surface area contributed by atoms with E-state index in [1.807, 2.05) is 0 Å². The number of hydrogen-bond donors (Lipinski definition) is 3. The summed E-state index contributed by atoms with van der Waals surface area (Å²) in [6.07, 6.45) is -1.14. The monoisotopic (exact) mass is 265 g/mol. The maximum absolute atomic E-state index is 10.4. The van der Waals surface area contributed by atoms with Crippen LogP contribution in [0.4, 0.5) is 0 Å². The van der Waals surface area contributed by atoms with Gasteiger partial charge in [0.25, 0.3) is 0 Å². The predicted molar refractivity (Wildman–Crippen MR) is 52.6 cm³/mol. The predicted octanol–water partition coefficient (Wildman–Crippen LogP) is 0.956. The molecule has 4 nitrogen and oxygen atoms in total. The molecule has 1 aromatic heterocycles. The molecule has 0 saturated carbocycles. The minimum Gasteiger partial charge on any atom is -0.480 e. The van der Waals surface area contributed by atoms with Crippen molar-refractivity contribution < 1.29 is 15.0 Å². The number of halogens is 1. The highest BCUT2D eigenvalue weighted by atomic mass is 79.9. The molecular weight excluding hydrogens is 258 g/mol. The van der Waals surface area contributed by atoms with Gasteiger partial charge in [-0.1, -0.05) is 0 Å². The van der Waals surface area contributed by atoms with Crippen molar-refractivity contribution in [3.63, 3.8) is 0 Å². The highest BCUT2D eigenvalue weighted by Crippen LogP contribution is 2.28. The number of hydrogen-bond acceptors (Lipinski definition) is 4. The second kappa shape index (κ2) is 4.19. The quantitative estimate of drug-likeness (QED) is 0.760. The highest BCUT2D eigenvalue weighted by molar-refractivity contribution is 9.11. The Hall–Kier alpha value is -0.430. The summed E-state index contributed by atoms with van der Waals surface area (Å²) in [6, 6.07) is 2.10. The third-order valence-electron chi connectivity index (χ3n) is 1.51. The molecule has 6 heteroatoms. The lowest BCUT2D eigenvalue weighted by atomic mass is 10.1. The Kier molecular flexibility index (Phi) is 3.43. The van der Waals surface area contributed by atoms with Crippen molar-refractivity contribution >= 4 is 33.2 Å². The van der Waals surface area contributed by atoms with Gasteiger partial charge in [-0.2, -0.15) is 0 Å². The fourth-order valence-corrected chi connectivity index (χ4v) is 2.26. The smallest absolute Gasteiger partial charge is 0.323 e. The second-order valence-electron chi connectivity index (χ2n) is 2.45. The van der Waals surface area contributed by atoms with Crippen LogP contribution in [-0.4, -0.2) is 22.2 Å². The van der Waals surface area contributed by atoms with Crippen LogP contribution in [0.15, 0.2) is 15.9 Å². The van der Waals surface area contributed by atoms with Crippen LogP contribution in [0.25, 0.3) is 0 Å². The average Bonchev–Trinajstić information content (AvgIpc) is 2.49. The van der Waals surface area contributed by atoms with E-state index in [-0.39, 0.29) is 0 Å². The van der Waals surface area contributed by atoms with Gasteiger partial charge in [-0.05, 0) is 28.1 Å². The lowest BCUT2D eigenvalue weighted by Crippen LogP contribution is -2.36. The normalized spacial score (nSPS) is 15.3. The highest BCUT2D eigenvalue weighted by Gasteiger charge is 2.24. The lowest BCUT2D eigenvalue weighted by molar-refractivity contribution is -0.141. The molecule has 0 aliphatic rings. The van der Waals surface area contributed by atoms with Crippen molar-refractivity contribution in [2.75, 3.05) is 0 Å². The van der Waals surface area contributed by atoms with E-state index in [4.69, 9.17) is 10.8 Å². The molecule has 0 spiro atoms. The van der Waals surface area contributed by atoms with Gasteiger partial charge in [0.15, 0.2) is 0 Å². The fourth-order valence-electron chi connectivity index (χ4n) is 0.799. The van der Waals surface area contributed by atoms with Crippen LogP contribution >= 0.6 is 27.3 Å². The van der Waals surface area contributed by atoms with Crippen LogP contribution in [0.3, 0.4) is 0 Å². The van der Waals surface area contributed by atoms with Gasteiger partial charge < -0.3 is 15.9 Å². The molecule has 1 rings (SSSR count). The van der Waals surface area contributed by atoms with Crippen LogP contribution in [0.5, 0.6) is 0 Å². The number of aliphatic hydroxyl groups excluding tert-OH is 1. The summed E-state index contributed by atoms with van der Waals surface area (Å²) < 4.78 is 0.833. The minimum atomic E-state index is -1.27. The molecule has 0 bridgehead atoms. The van der Waals surface area contributed by atoms with Gasteiger partial charge in [0.1, 0.15) is 12.1 Å². The van der Waals surface area contributed by atoms with Gasteiger partial charge in [0.2, 0.25) is 0 Å². The third-order valence-corrected chi connectivity index (χ3v) is 3.21. The molecule has 72 valence electrons. The first kappa shape index (κ1) is 10.6. The van der Waals surface area contributed by atoms with Gasteiger partial charge in [0.05, 0.1) is 3.79 Å². The first-order chi connectivity index (χ1) is 6.02. The molecule has 0 saturated heterocycles. The molecule has 0 fully saturated rings. The molecule has 0 aliphatic carbocycles. The fraction of sp³-hybridized carbons (Fsp3) is 0.286. The molecule has 4 N–H and O–H groups in total. The second-order valence-corrected chi connectivity index (χ2v) is 4.95. The maximum atomic E-state index is 10.4. The SMILES string of the molecule is NC(C(=O)O)C(O)c1ccc(Br)s1. The molecular formula is C7H8BrNO3S. The van der Waals surface area contributed by atoms with Crippen molar-refractivity contribution in [2.45, 2.75) is 12.1 Å². The number of carboxylic acids is 1. The minimum absolute atomic E-state index is 0.543. The number of carboxylic acid groups (broad SMARTS) is 1. The first-order valence-electron chi connectivity index (χ1n) is 3.44. The van der Waals surface area contributed by atoms with Crippen LogP contribution in [-0.2, 0) is 4.79 Å². The topological polar surface area (TPSA) is 83.6 Å². The lowest BCUT2D eigenvalue weighted by Gasteiger charge is -2.12. The van der Waals surface area contributed by atoms with E-state index in [1.165, 1.54) is 11.3 Å². The van der Waals surface area contributed by atoms with Gasteiger partial charge in [-0.25, -0.2) is 0 Å². The number of carbonyl (C=O) groups is 1. The molecule has 0 radical (unpaired) electrons. The summed E-state index contributed by atoms with van der Waals surface area (Å²) in [5.74, 6) is -1.21. The van der Waals surface area contributed by atoms with Crippen LogP contribution < -0.4 is 5.73 Å². The standard InChI is InChI=1S/C7H8BrNO3S/c8-4-2-1-3(13-4)6(10)5(9)7(11)12/h1-2,5-6,10H,9H2,(H,11,12). The van der Waals surface area contributed by atoms with Crippen molar-refractivity contribution in [1.29, 1.82) is 0 Å². The van der Waals surface area contributed by atoms with E-state index in [9.17, 15) is 9.90 Å². The van der Waals surface area contributed by atoms with Gasteiger partial charge in [0, 0.05) is 4.88 Å². The Bertz CT molecular complexity index is 314. The Balaban J connectivity index is 2.78. The zero-order chi connectivity index (χ0) is 10.0. The number of aliphatic carboxylic acids is 1. The number of aliphatic hydroxyl groups is 1. The molecule has 0 aromatic carbocycles. The summed E-state index contributed by atoms with van der Waals surface area (Å²) in [6.45, 7) is 0. The summed E-state index contributed by atoms with van der Waals surface area (Å²) in [4.78, 5) is 11.0. The first-order valence-corrected chi connectivity index (χ1v) is 5.05. The molecule has 2 unspecified atom stereocenters. The Morgan fingerprint density at radius 3 is 2.62 bits per heavy atom. The van der Waals surface area contributed by atoms with Crippen molar-refractivity contribution in [2.24, 2.45) is 5.73 Å². The Morgan fingerprint density at radius 1 is 1.62 bits per heavy atom. The summed E-state index contributed by atoms with van der Waals surface area (Å²) in [7, 11) is 0. The van der Waals surface area contributed by atoms with Crippen molar-refractivity contribution in [3.05, 3.63) is 20.8 Å². The molecule has 0 aliphatic heterocycles. The Morgan fingerprint density at radius 2 is 2.23 bits per heavy atom. The number of rotatable bonds is 3. The average molecular weight is 266 g/mol. The third kappa shape index (κ3) is 2.50. The van der Waals surface area contributed by atoms with E-state index in [1.54, 1.807) is 12.1 Å².